The molecule has 0 aliphatic rings. The lowest BCUT2D eigenvalue weighted by Crippen LogP contribution is -2.13. The van der Waals surface area contributed by atoms with E-state index in [1.807, 2.05) is 0 Å². The average Bonchev–Trinajstić information content (AvgIpc) is 2.32. The number of aromatic nitrogens is 2. The molecule has 0 atom stereocenters. The predicted octanol–water partition coefficient (Wildman–Crippen LogP) is 0.746. The van der Waals surface area contributed by atoms with Crippen molar-refractivity contribution in [2.24, 2.45) is 0 Å². The normalized spacial score (nSPS) is 9.64. The minimum atomic E-state index is -0.250. The first-order valence-corrected chi connectivity index (χ1v) is 3.19. The Kier molecular flexibility index (Phi) is 1.85. The van der Waals surface area contributed by atoms with Gasteiger partial charge in [-0.2, -0.15) is 9.78 Å². The molecule has 0 N–H and O–H groups in total. The third-order valence-corrected chi connectivity index (χ3v) is 1.30. The second kappa shape index (κ2) is 2.65. The van der Waals surface area contributed by atoms with E-state index in [1.54, 1.807) is 0 Å². The third-order valence-electron chi connectivity index (χ3n) is 1.30. The molecule has 58 valence electrons. The van der Waals surface area contributed by atoms with E-state index < -0.39 is 0 Å². The van der Waals surface area contributed by atoms with Crippen LogP contribution in [0.2, 0.25) is 0 Å². The van der Waals surface area contributed by atoms with Crippen molar-refractivity contribution in [3.63, 3.8) is 0 Å². The molecule has 1 aromatic heterocycles. The summed E-state index contributed by atoms with van der Waals surface area (Å²) in [5.74, 6) is -0.405. The lowest BCUT2D eigenvalue weighted by atomic mass is 10.3. The molecule has 0 amide bonds. The van der Waals surface area contributed by atoms with E-state index in [4.69, 9.17) is 0 Å². The molecule has 1 rings (SSSR count). The summed E-state index contributed by atoms with van der Waals surface area (Å²) in [5.41, 5.74) is 0.331. The molecule has 1 aromatic rings. The van der Waals surface area contributed by atoms with Crippen LogP contribution in [0.5, 0.6) is 0 Å². The molecule has 4 heteroatoms. The lowest BCUT2D eigenvalue weighted by molar-refractivity contribution is 0.0893. The number of carbonyl (C=O) groups excluding carboxylic acids is 2. The van der Waals surface area contributed by atoms with Crippen LogP contribution in [0, 0.1) is 0 Å². The van der Waals surface area contributed by atoms with Gasteiger partial charge in [0, 0.05) is 13.8 Å². The highest BCUT2D eigenvalue weighted by atomic mass is 16.2. The summed E-state index contributed by atoms with van der Waals surface area (Å²) >= 11 is 0. The Morgan fingerprint density at radius 2 is 2.09 bits per heavy atom. The van der Waals surface area contributed by atoms with Gasteiger partial charge in [-0.15, -0.1) is 0 Å². The van der Waals surface area contributed by atoms with Gasteiger partial charge >= 0.3 is 0 Å². The van der Waals surface area contributed by atoms with E-state index in [9.17, 15) is 9.59 Å². The van der Waals surface area contributed by atoms with Crippen LogP contribution in [-0.4, -0.2) is 21.5 Å². The monoisotopic (exact) mass is 152 g/mol. The van der Waals surface area contributed by atoms with Crippen LogP contribution in [0.3, 0.4) is 0 Å². The largest absolute Gasteiger partial charge is 0.293 e. The summed E-state index contributed by atoms with van der Waals surface area (Å²) < 4.78 is 1.09. The Morgan fingerprint density at radius 3 is 2.45 bits per heavy atom. The summed E-state index contributed by atoms with van der Waals surface area (Å²) in [6, 6.07) is 1.52. The first-order chi connectivity index (χ1) is 5.13. The molecule has 0 fully saturated rings. The first-order valence-electron chi connectivity index (χ1n) is 3.19. The van der Waals surface area contributed by atoms with Gasteiger partial charge in [0.1, 0.15) is 5.69 Å². The zero-order valence-electron chi connectivity index (χ0n) is 6.37. The summed E-state index contributed by atoms with van der Waals surface area (Å²) in [6.07, 6.45) is 1.43. The molecule has 4 nitrogen and oxygen atoms in total. The number of hydrogen-bond acceptors (Lipinski definition) is 3. The molecule has 0 aromatic carbocycles. The van der Waals surface area contributed by atoms with Gasteiger partial charge in [0.15, 0.2) is 5.78 Å². The van der Waals surface area contributed by atoms with Gasteiger partial charge in [0.25, 0.3) is 0 Å². The van der Waals surface area contributed by atoms with Crippen molar-refractivity contribution in [2.75, 3.05) is 0 Å². The molecule has 0 radical (unpaired) electrons. The maximum Gasteiger partial charge on any atom is 0.244 e. The highest BCUT2D eigenvalue weighted by Crippen LogP contribution is 1.98. The first kappa shape index (κ1) is 7.65. The van der Waals surface area contributed by atoms with Crippen LogP contribution < -0.4 is 0 Å². The quantitative estimate of drug-likeness (QED) is 0.558. The van der Waals surface area contributed by atoms with E-state index in [1.165, 1.54) is 26.1 Å². The van der Waals surface area contributed by atoms with Crippen LogP contribution in [0.4, 0.5) is 0 Å². The number of rotatable bonds is 1. The van der Waals surface area contributed by atoms with E-state index in [0.717, 1.165) is 4.68 Å². The predicted molar refractivity (Wildman–Crippen MR) is 38.5 cm³/mol. The van der Waals surface area contributed by atoms with Crippen LogP contribution in [0.15, 0.2) is 12.3 Å². The maximum atomic E-state index is 10.8. The van der Waals surface area contributed by atoms with Gasteiger partial charge in [-0.3, -0.25) is 9.59 Å². The van der Waals surface area contributed by atoms with Crippen molar-refractivity contribution in [3.8, 4) is 0 Å². The molecular weight excluding hydrogens is 144 g/mol. The van der Waals surface area contributed by atoms with Crippen LogP contribution in [-0.2, 0) is 0 Å². The van der Waals surface area contributed by atoms with Crippen molar-refractivity contribution >= 4 is 11.7 Å². The minimum absolute atomic E-state index is 0.155. The van der Waals surface area contributed by atoms with Crippen LogP contribution in [0.1, 0.15) is 29.1 Å². The van der Waals surface area contributed by atoms with E-state index in [-0.39, 0.29) is 11.7 Å². The SMILES string of the molecule is CC(=O)c1ccnn1C(C)=O. The smallest absolute Gasteiger partial charge is 0.244 e. The molecule has 0 saturated heterocycles. The fourth-order valence-electron chi connectivity index (χ4n) is 0.821. The Bertz CT molecular complexity index is 273. The van der Waals surface area contributed by atoms with E-state index in [2.05, 4.69) is 5.10 Å². The fourth-order valence-corrected chi connectivity index (χ4v) is 0.821. The molecule has 0 saturated carbocycles. The average molecular weight is 152 g/mol. The van der Waals surface area contributed by atoms with Gasteiger partial charge in [0.2, 0.25) is 5.91 Å². The third kappa shape index (κ3) is 1.34. The summed E-state index contributed by atoms with van der Waals surface area (Å²) in [5, 5.41) is 3.68. The second-order valence-corrected chi connectivity index (χ2v) is 2.20. The fraction of sp³-hybridized carbons (Fsp3) is 0.286. The summed E-state index contributed by atoms with van der Waals surface area (Å²) in [4.78, 5) is 21.6. The number of Topliss-reactive ketones (excluding diaryl/α,β-unsaturated/α-hetero) is 1. The number of ketones is 1. The Balaban J connectivity index is 3.16. The molecular formula is C7H8N2O2. The Morgan fingerprint density at radius 1 is 1.45 bits per heavy atom. The zero-order chi connectivity index (χ0) is 8.43. The lowest BCUT2D eigenvalue weighted by Gasteiger charge is -1.96. The van der Waals surface area contributed by atoms with Crippen LogP contribution in [0.25, 0.3) is 0 Å². The Labute approximate surface area is 63.8 Å². The van der Waals surface area contributed by atoms with E-state index in [0.29, 0.717) is 5.69 Å². The van der Waals surface area contributed by atoms with Crippen LogP contribution >= 0.6 is 0 Å². The van der Waals surface area contributed by atoms with Crippen molar-refractivity contribution in [3.05, 3.63) is 18.0 Å². The number of carbonyl (C=O) groups is 2. The number of nitrogens with zero attached hydrogens (tertiary/aromatic N) is 2. The number of hydrogen-bond donors (Lipinski definition) is 0. The standard InChI is InChI=1S/C7H8N2O2/c1-5(10)7-3-4-8-9(7)6(2)11/h3-4H,1-2H3. The summed E-state index contributed by atoms with van der Waals surface area (Å²) in [7, 11) is 0. The molecule has 0 bridgehead atoms. The molecule has 0 aliphatic heterocycles. The van der Waals surface area contributed by atoms with Crippen molar-refractivity contribution in [1.29, 1.82) is 0 Å². The molecule has 0 aliphatic carbocycles. The zero-order valence-corrected chi connectivity index (χ0v) is 6.37. The van der Waals surface area contributed by atoms with Crippen molar-refractivity contribution in [1.82, 2.24) is 9.78 Å². The van der Waals surface area contributed by atoms with Crippen molar-refractivity contribution < 1.29 is 9.59 Å². The van der Waals surface area contributed by atoms with Gasteiger partial charge in [-0.05, 0) is 6.07 Å². The van der Waals surface area contributed by atoms with Gasteiger partial charge in [0.05, 0.1) is 6.20 Å². The van der Waals surface area contributed by atoms with Gasteiger partial charge in [-0.25, -0.2) is 0 Å². The molecule has 0 spiro atoms. The minimum Gasteiger partial charge on any atom is -0.293 e. The highest BCUT2D eigenvalue weighted by molar-refractivity contribution is 5.95. The molecule has 0 unspecified atom stereocenters. The topological polar surface area (TPSA) is 52.0 Å². The van der Waals surface area contributed by atoms with E-state index >= 15 is 0 Å². The highest BCUT2D eigenvalue weighted by Gasteiger charge is 2.09. The Hall–Kier alpha value is -1.45. The van der Waals surface area contributed by atoms with Gasteiger partial charge in [-0.1, -0.05) is 0 Å². The molecule has 11 heavy (non-hydrogen) atoms. The second-order valence-electron chi connectivity index (χ2n) is 2.20. The summed E-state index contributed by atoms with van der Waals surface area (Å²) in [6.45, 7) is 2.76. The van der Waals surface area contributed by atoms with Crippen molar-refractivity contribution in [2.45, 2.75) is 13.8 Å². The maximum absolute atomic E-state index is 10.8. The molecule has 1 heterocycles. The van der Waals surface area contributed by atoms with Gasteiger partial charge < -0.3 is 0 Å².